The summed E-state index contributed by atoms with van der Waals surface area (Å²) in [7, 11) is 0. The standard InChI is InChI=1S/C19H23ClN4O2S/c1-12(13-5-3-2-4-6-13)23-24-19-22-18(26)16(27-19)11-17(25)21-15-9-7-14(20)8-10-15/h7-10,13,16H,2-6,11H2,1H3,(H,21,25)(H,22,24,26)/b23-12-/t16-/m1/s1. The number of nitrogens with zero attached hydrogens (tertiary/aromatic N) is 2. The van der Waals surface area contributed by atoms with Crippen LogP contribution < -0.4 is 10.6 Å². The van der Waals surface area contributed by atoms with E-state index in [9.17, 15) is 9.59 Å². The largest absolute Gasteiger partial charge is 0.326 e. The van der Waals surface area contributed by atoms with E-state index in [0.29, 0.717) is 21.8 Å². The van der Waals surface area contributed by atoms with E-state index >= 15 is 0 Å². The highest BCUT2D eigenvalue weighted by Gasteiger charge is 2.32. The molecule has 144 valence electrons. The number of hydrogen-bond acceptors (Lipinski definition) is 5. The molecule has 0 bridgehead atoms. The van der Waals surface area contributed by atoms with Crippen molar-refractivity contribution in [2.24, 2.45) is 16.1 Å². The topological polar surface area (TPSA) is 82.9 Å². The molecule has 2 amide bonds. The smallest absolute Gasteiger partial charge is 0.240 e. The molecular formula is C19H23ClN4O2S. The van der Waals surface area contributed by atoms with E-state index < -0.39 is 5.25 Å². The number of carbonyl (C=O) groups is 2. The van der Waals surface area contributed by atoms with Crippen molar-refractivity contribution in [1.29, 1.82) is 0 Å². The van der Waals surface area contributed by atoms with E-state index in [1.165, 1.54) is 31.0 Å². The lowest BCUT2D eigenvalue weighted by Gasteiger charge is -2.20. The van der Waals surface area contributed by atoms with Crippen molar-refractivity contribution >= 4 is 51.7 Å². The maximum Gasteiger partial charge on any atom is 0.240 e. The van der Waals surface area contributed by atoms with Gasteiger partial charge in [-0.25, -0.2) is 0 Å². The molecular weight excluding hydrogens is 384 g/mol. The number of nitrogens with one attached hydrogen (secondary N) is 2. The molecule has 1 atom stereocenters. The van der Waals surface area contributed by atoms with Crippen LogP contribution in [-0.4, -0.2) is 27.9 Å². The van der Waals surface area contributed by atoms with Gasteiger partial charge in [0.05, 0.1) is 0 Å². The normalized spacial score (nSPS) is 22.7. The zero-order valence-corrected chi connectivity index (χ0v) is 16.8. The van der Waals surface area contributed by atoms with Crippen molar-refractivity contribution in [3.63, 3.8) is 0 Å². The molecule has 0 unspecified atom stereocenters. The first-order valence-corrected chi connectivity index (χ1v) is 10.4. The number of benzene rings is 1. The third-order valence-electron chi connectivity index (χ3n) is 4.77. The van der Waals surface area contributed by atoms with Gasteiger partial charge < -0.3 is 10.6 Å². The van der Waals surface area contributed by atoms with Crippen LogP contribution in [0.1, 0.15) is 45.4 Å². The number of amidine groups is 1. The van der Waals surface area contributed by atoms with Gasteiger partial charge in [0, 0.05) is 22.8 Å². The van der Waals surface area contributed by atoms with Gasteiger partial charge in [-0.15, -0.1) is 5.10 Å². The minimum Gasteiger partial charge on any atom is -0.326 e. The van der Waals surface area contributed by atoms with Crippen LogP contribution in [0.2, 0.25) is 5.02 Å². The van der Waals surface area contributed by atoms with Crippen LogP contribution in [0.15, 0.2) is 34.5 Å². The Balaban J connectivity index is 1.53. The third kappa shape index (κ3) is 5.81. The van der Waals surface area contributed by atoms with Crippen molar-refractivity contribution in [1.82, 2.24) is 5.32 Å². The van der Waals surface area contributed by atoms with Crippen LogP contribution >= 0.6 is 23.4 Å². The molecule has 6 nitrogen and oxygen atoms in total. The fourth-order valence-electron chi connectivity index (χ4n) is 3.23. The molecule has 2 aliphatic rings. The molecule has 1 saturated carbocycles. The van der Waals surface area contributed by atoms with Crippen molar-refractivity contribution in [3.8, 4) is 0 Å². The number of thioether (sulfide) groups is 1. The Morgan fingerprint density at radius 3 is 2.67 bits per heavy atom. The van der Waals surface area contributed by atoms with Gasteiger partial charge in [0.1, 0.15) is 5.25 Å². The Labute approximate surface area is 168 Å². The predicted octanol–water partition coefficient (Wildman–Crippen LogP) is 4.21. The maximum atomic E-state index is 12.2. The summed E-state index contributed by atoms with van der Waals surface area (Å²) >= 11 is 7.08. The summed E-state index contributed by atoms with van der Waals surface area (Å²) in [4.78, 5) is 24.3. The average molecular weight is 407 g/mol. The molecule has 1 heterocycles. The van der Waals surface area contributed by atoms with Crippen LogP contribution in [0.5, 0.6) is 0 Å². The Morgan fingerprint density at radius 1 is 1.26 bits per heavy atom. The first kappa shape index (κ1) is 19.9. The number of rotatable bonds is 5. The molecule has 1 aromatic carbocycles. The molecule has 1 aliphatic heterocycles. The zero-order valence-electron chi connectivity index (χ0n) is 15.2. The molecule has 27 heavy (non-hydrogen) atoms. The SMILES string of the molecule is C/C(=N/N=C1\NC(=O)[C@@H](CC(=O)Nc2ccc(Cl)cc2)S1)C1CCCCC1. The van der Waals surface area contributed by atoms with Crippen LogP contribution in [0.4, 0.5) is 5.69 Å². The Morgan fingerprint density at radius 2 is 1.96 bits per heavy atom. The fraction of sp³-hybridized carbons (Fsp3) is 0.474. The summed E-state index contributed by atoms with van der Waals surface area (Å²) in [5, 5.41) is 14.5. The van der Waals surface area contributed by atoms with Crippen LogP contribution in [0.25, 0.3) is 0 Å². The molecule has 2 fully saturated rings. The van der Waals surface area contributed by atoms with Crippen molar-refractivity contribution < 1.29 is 9.59 Å². The highest BCUT2D eigenvalue weighted by Crippen LogP contribution is 2.26. The summed E-state index contributed by atoms with van der Waals surface area (Å²) in [6, 6.07) is 6.84. The molecule has 0 spiro atoms. The lowest BCUT2D eigenvalue weighted by molar-refractivity contribution is -0.122. The summed E-state index contributed by atoms with van der Waals surface area (Å²) in [5.41, 5.74) is 1.66. The molecule has 1 aliphatic carbocycles. The fourth-order valence-corrected chi connectivity index (χ4v) is 4.27. The quantitative estimate of drug-likeness (QED) is 0.567. The van der Waals surface area contributed by atoms with E-state index in [1.807, 2.05) is 6.92 Å². The lowest BCUT2D eigenvalue weighted by Crippen LogP contribution is -2.28. The molecule has 0 radical (unpaired) electrons. The molecule has 3 rings (SSSR count). The number of carbonyl (C=O) groups excluding carboxylic acids is 2. The summed E-state index contributed by atoms with van der Waals surface area (Å²) in [6.07, 6.45) is 6.17. The lowest BCUT2D eigenvalue weighted by atomic mass is 9.86. The average Bonchev–Trinajstić information content (AvgIpc) is 3.01. The Kier molecular flexibility index (Phi) is 6.90. The third-order valence-corrected chi connectivity index (χ3v) is 6.09. The van der Waals surface area contributed by atoms with E-state index in [2.05, 4.69) is 20.8 Å². The molecule has 1 saturated heterocycles. The van der Waals surface area contributed by atoms with E-state index in [0.717, 1.165) is 18.6 Å². The van der Waals surface area contributed by atoms with Gasteiger partial charge in [0.25, 0.3) is 0 Å². The van der Waals surface area contributed by atoms with Gasteiger partial charge in [-0.1, -0.05) is 42.6 Å². The molecule has 1 aromatic rings. The molecule has 0 aromatic heterocycles. The number of halogens is 1. The van der Waals surface area contributed by atoms with Crippen LogP contribution in [-0.2, 0) is 9.59 Å². The zero-order chi connectivity index (χ0) is 19.2. The number of hydrogen-bond donors (Lipinski definition) is 2. The van der Waals surface area contributed by atoms with Gasteiger partial charge in [-0.05, 0) is 49.9 Å². The molecule has 2 N–H and O–H groups in total. The minimum atomic E-state index is -0.499. The molecule has 8 heteroatoms. The van der Waals surface area contributed by atoms with Crippen molar-refractivity contribution in [2.45, 2.75) is 50.7 Å². The van der Waals surface area contributed by atoms with Gasteiger partial charge in [-0.3, -0.25) is 9.59 Å². The highest BCUT2D eigenvalue weighted by atomic mass is 35.5. The predicted molar refractivity (Wildman–Crippen MR) is 111 cm³/mol. The van der Waals surface area contributed by atoms with E-state index in [4.69, 9.17) is 11.6 Å². The minimum absolute atomic E-state index is 0.0729. The van der Waals surface area contributed by atoms with Crippen molar-refractivity contribution in [3.05, 3.63) is 29.3 Å². The monoisotopic (exact) mass is 406 g/mol. The maximum absolute atomic E-state index is 12.2. The van der Waals surface area contributed by atoms with Gasteiger partial charge in [0.2, 0.25) is 11.8 Å². The first-order valence-electron chi connectivity index (χ1n) is 9.16. The van der Waals surface area contributed by atoms with Gasteiger partial charge in [0.15, 0.2) is 5.17 Å². The second-order valence-electron chi connectivity index (χ2n) is 6.84. The highest BCUT2D eigenvalue weighted by molar-refractivity contribution is 8.15. The second-order valence-corrected chi connectivity index (χ2v) is 8.46. The number of anilines is 1. The van der Waals surface area contributed by atoms with Gasteiger partial charge in [-0.2, -0.15) is 5.10 Å². The first-order chi connectivity index (χ1) is 13.0. The van der Waals surface area contributed by atoms with Gasteiger partial charge >= 0.3 is 0 Å². The van der Waals surface area contributed by atoms with Crippen LogP contribution in [0.3, 0.4) is 0 Å². The Hall–Kier alpha value is -1.86. The van der Waals surface area contributed by atoms with Crippen LogP contribution in [0, 0.1) is 5.92 Å². The summed E-state index contributed by atoms with van der Waals surface area (Å²) < 4.78 is 0. The number of amides is 2. The second kappa shape index (κ2) is 9.37. The van der Waals surface area contributed by atoms with E-state index in [1.54, 1.807) is 24.3 Å². The Bertz CT molecular complexity index is 757. The van der Waals surface area contributed by atoms with Crippen molar-refractivity contribution in [2.75, 3.05) is 5.32 Å². The summed E-state index contributed by atoms with van der Waals surface area (Å²) in [5.74, 6) is 0.0507. The summed E-state index contributed by atoms with van der Waals surface area (Å²) in [6.45, 7) is 2.00. The van der Waals surface area contributed by atoms with E-state index in [-0.39, 0.29) is 18.2 Å².